The number of hydrogen-bond acceptors (Lipinski definition) is 4. The van der Waals surface area contributed by atoms with E-state index >= 15 is 0 Å². The zero-order chi connectivity index (χ0) is 12.9. The molecule has 1 aliphatic heterocycles. The highest BCUT2D eigenvalue weighted by Crippen LogP contribution is 2.19. The maximum absolute atomic E-state index is 11.9. The quantitative estimate of drug-likeness (QED) is 0.691. The number of carboxylic acid groups (broad SMARTS) is 1. The van der Waals surface area contributed by atoms with Crippen LogP contribution < -0.4 is 0 Å². The summed E-state index contributed by atoms with van der Waals surface area (Å²) in [7, 11) is -3.38. The zero-order valence-corrected chi connectivity index (χ0v) is 10.8. The SMILES string of the molecule is CCOCCS(=O)(=O)N1CCC[C@@H](C(=O)O)C1. The van der Waals surface area contributed by atoms with Crippen molar-refractivity contribution in [2.75, 3.05) is 32.1 Å². The molecule has 1 N–H and O–H groups in total. The highest BCUT2D eigenvalue weighted by Gasteiger charge is 2.31. The first kappa shape index (κ1) is 14.4. The minimum atomic E-state index is -3.38. The van der Waals surface area contributed by atoms with Gasteiger partial charge in [0.2, 0.25) is 10.0 Å². The molecule has 0 saturated carbocycles. The highest BCUT2D eigenvalue weighted by atomic mass is 32.2. The van der Waals surface area contributed by atoms with Crippen LogP contribution in [-0.2, 0) is 19.6 Å². The third kappa shape index (κ3) is 4.25. The molecule has 0 amide bonds. The van der Waals surface area contributed by atoms with Crippen molar-refractivity contribution < 1.29 is 23.1 Å². The Hall–Kier alpha value is -0.660. The zero-order valence-electron chi connectivity index (χ0n) is 9.96. The number of hydrogen-bond donors (Lipinski definition) is 1. The third-order valence-electron chi connectivity index (χ3n) is 2.82. The number of piperidine rings is 1. The maximum atomic E-state index is 11.9. The van der Waals surface area contributed by atoms with Gasteiger partial charge in [-0.05, 0) is 19.8 Å². The van der Waals surface area contributed by atoms with Gasteiger partial charge in [-0.2, -0.15) is 0 Å². The summed E-state index contributed by atoms with van der Waals surface area (Å²) in [5.41, 5.74) is 0. The minimum absolute atomic E-state index is 0.0762. The van der Waals surface area contributed by atoms with Crippen LogP contribution in [0, 0.1) is 5.92 Å². The van der Waals surface area contributed by atoms with Crippen LogP contribution in [0.5, 0.6) is 0 Å². The van der Waals surface area contributed by atoms with E-state index in [2.05, 4.69) is 0 Å². The van der Waals surface area contributed by atoms with Crippen LogP contribution in [0.1, 0.15) is 19.8 Å². The molecule has 1 saturated heterocycles. The second-order valence-electron chi connectivity index (χ2n) is 4.05. The number of rotatable bonds is 6. The first-order valence-electron chi connectivity index (χ1n) is 5.75. The van der Waals surface area contributed by atoms with Crippen molar-refractivity contribution >= 4 is 16.0 Å². The van der Waals surface area contributed by atoms with E-state index in [0.29, 0.717) is 26.0 Å². The Labute approximate surface area is 102 Å². The van der Waals surface area contributed by atoms with Gasteiger partial charge in [-0.15, -0.1) is 0 Å². The van der Waals surface area contributed by atoms with Crippen molar-refractivity contribution in [1.82, 2.24) is 4.31 Å². The lowest BCUT2D eigenvalue weighted by Crippen LogP contribution is -2.43. The molecule has 0 aromatic rings. The first-order chi connectivity index (χ1) is 7.97. The van der Waals surface area contributed by atoms with Crippen molar-refractivity contribution in [2.45, 2.75) is 19.8 Å². The van der Waals surface area contributed by atoms with E-state index in [-0.39, 0.29) is 18.9 Å². The summed E-state index contributed by atoms with van der Waals surface area (Å²) in [6, 6.07) is 0. The van der Waals surface area contributed by atoms with E-state index in [1.165, 1.54) is 4.31 Å². The van der Waals surface area contributed by atoms with E-state index < -0.39 is 21.9 Å². The van der Waals surface area contributed by atoms with E-state index in [1.807, 2.05) is 0 Å². The van der Waals surface area contributed by atoms with Gasteiger partial charge in [0, 0.05) is 19.7 Å². The van der Waals surface area contributed by atoms with Gasteiger partial charge >= 0.3 is 5.97 Å². The molecule has 7 heteroatoms. The molecule has 1 heterocycles. The summed E-state index contributed by atoms with van der Waals surface area (Å²) >= 11 is 0. The summed E-state index contributed by atoms with van der Waals surface area (Å²) in [4.78, 5) is 10.8. The Morgan fingerprint density at radius 1 is 1.53 bits per heavy atom. The smallest absolute Gasteiger partial charge is 0.307 e. The van der Waals surface area contributed by atoms with Gasteiger partial charge in [-0.1, -0.05) is 0 Å². The van der Waals surface area contributed by atoms with E-state index in [1.54, 1.807) is 6.92 Å². The summed E-state index contributed by atoms with van der Waals surface area (Å²) < 4.78 is 30.0. The van der Waals surface area contributed by atoms with E-state index in [0.717, 1.165) is 0 Å². The minimum Gasteiger partial charge on any atom is -0.481 e. The van der Waals surface area contributed by atoms with Crippen LogP contribution in [0.25, 0.3) is 0 Å². The topological polar surface area (TPSA) is 83.9 Å². The monoisotopic (exact) mass is 265 g/mol. The van der Waals surface area contributed by atoms with Crippen molar-refractivity contribution in [1.29, 1.82) is 0 Å². The number of nitrogens with zero attached hydrogens (tertiary/aromatic N) is 1. The summed E-state index contributed by atoms with van der Waals surface area (Å²) in [6.45, 7) is 2.94. The second kappa shape index (κ2) is 6.32. The molecule has 0 unspecified atom stereocenters. The van der Waals surface area contributed by atoms with Gasteiger partial charge in [-0.25, -0.2) is 12.7 Å². The van der Waals surface area contributed by atoms with Crippen LogP contribution >= 0.6 is 0 Å². The Kier molecular flexibility index (Phi) is 5.35. The molecule has 1 aliphatic rings. The molecule has 1 atom stereocenters. The molecule has 1 fully saturated rings. The fraction of sp³-hybridized carbons (Fsp3) is 0.900. The molecule has 0 aromatic heterocycles. The normalized spacial score (nSPS) is 22.5. The highest BCUT2D eigenvalue weighted by molar-refractivity contribution is 7.89. The lowest BCUT2D eigenvalue weighted by Gasteiger charge is -2.29. The van der Waals surface area contributed by atoms with Crippen molar-refractivity contribution in [3.8, 4) is 0 Å². The molecule has 100 valence electrons. The molecule has 0 aliphatic carbocycles. The molecule has 1 rings (SSSR count). The predicted octanol–water partition coefficient (Wildman–Crippen LogP) is 0.149. The Bertz CT molecular complexity index is 354. The van der Waals surface area contributed by atoms with Crippen LogP contribution in [0.4, 0.5) is 0 Å². The van der Waals surface area contributed by atoms with Gasteiger partial charge in [-0.3, -0.25) is 4.79 Å². The number of ether oxygens (including phenoxy) is 1. The lowest BCUT2D eigenvalue weighted by atomic mass is 10.0. The molecule has 0 spiro atoms. The Morgan fingerprint density at radius 3 is 2.82 bits per heavy atom. The second-order valence-corrected chi connectivity index (χ2v) is 6.14. The van der Waals surface area contributed by atoms with Gasteiger partial charge in [0.1, 0.15) is 0 Å². The molecule has 17 heavy (non-hydrogen) atoms. The van der Waals surface area contributed by atoms with Crippen molar-refractivity contribution in [3.05, 3.63) is 0 Å². The standard InChI is InChI=1S/C10H19NO5S/c1-2-16-6-7-17(14,15)11-5-3-4-9(8-11)10(12)13/h9H,2-8H2,1H3,(H,12,13)/t9-/m1/s1. The molecule has 6 nitrogen and oxygen atoms in total. The van der Waals surface area contributed by atoms with Crippen LogP contribution in [0.15, 0.2) is 0 Å². The number of carbonyl (C=O) groups is 1. The fourth-order valence-electron chi connectivity index (χ4n) is 1.83. The van der Waals surface area contributed by atoms with Crippen LogP contribution in [0.3, 0.4) is 0 Å². The fourth-order valence-corrected chi connectivity index (χ4v) is 3.24. The van der Waals surface area contributed by atoms with Crippen LogP contribution in [-0.4, -0.2) is 55.9 Å². The lowest BCUT2D eigenvalue weighted by molar-refractivity contribution is -0.142. The predicted molar refractivity (Wildman–Crippen MR) is 62.2 cm³/mol. The average molecular weight is 265 g/mol. The van der Waals surface area contributed by atoms with Crippen molar-refractivity contribution in [3.63, 3.8) is 0 Å². The molecular weight excluding hydrogens is 246 g/mol. The van der Waals surface area contributed by atoms with E-state index in [4.69, 9.17) is 9.84 Å². The Morgan fingerprint density at radius 2 is 2.24 bits per heavy atom. The summed E-state index contributed by atoms with van der Waals surface area (Å²) in [5.74, 6) is -1.58. The largest absolute Gasteiger partial charge is 0.481 e. The Balaban J connectivity index is 2.55. The number of aliphatic carboxylic acids is 1. The summed E-state index contributed by atoms with van der Waals surface area (Å²) in [5, 5.41) is 8.89. The van der Waals surface area contributed by atoms with Gasteiger partial charge in [0.05, 0.1) is 18.3 Å². The average Bonchev–Trinajstić information content (AvgIpc) is 2.29. The number of sulfonamides is 1. The van der Waals surface area contributed by atoms with Crippen molar-refractivity contribution in [2.24, 2.45) is 5.92 Å². The molecule has 0 aromatic carbocycles. The molecule has 0 radical (unpaired) electrons. The van der Waals surface area contributed by atoms with Crippen LogP contribution in [0.2, 0.25) is 0 Å². The van der Waals surface area contributed by atoms with Gasteiger partial charge in [0.15, 0.2) is 0 Å². The first-order valence-corrected chi connectivity index (χ1v) is 7.36. The molecular formula is C10H19NO5S. The molecule has 0 bridgehead atoms. The summed E-state index contributed by atoms with van der Waals surface area (Å²) in [6.07, 6.45) is 1.15. The van der Waals surface area contributed by atoms with Gasteiger partial charge in [0.25, 0.3) is 0 Å². The third-order valence-corrected chi connectivity index (χ3v) is 4.62. The van der Waals surface area contributed by atoms with Gasteiger partial charge < -0.3 is 9.84 Å². The number of carboxylic acids is 1. The van der Waals surface area contributed by atoms with E-state index in [9.17, 15) is 13.2 Å². The maximum Gasteiger partial charge on any atom is 0.307 e.